The van der Waals surface area contributed by atoms with Crippen LogP contribution in [0.3, 0.4) is 0 Å². The summed E-state index contributed by atoms with van der Waals surface area (Å²) in [6.45, 7) is 5.93. The van der Waals surface area contributed by atoms with Crippen LogP contribution in [0.5, 0.6) is 0 Å². The predicted molar refractivity (Wildman–Crippen MR) is 50.1 cm³/mol. The van der Waals surface area contributed by atoms with Crippen molar-refractivity contribution >= 4 is 11.6 Å². The van der Waals surface area contributed by atoms with Crippen LogP contribution in [0, 0.1) is 5.92 Å². The van der Waals surface area contributed by atoms with Gasteiger partial charge in [-0.25, -0.2) is 0 Å². The van der Waals surface area contributed by atoms with E-state index in [9.17, 15) is 0 Å². The monoisotopic (exact) mass is 176 g/mol. The normalized spacial score (nSPS) is 11.6. The molecule has 0 aliphatic carbocycles. The van der Waals surface area contributed by atoms with Crippen LogP contribution in [0.4, 0.5) is 0 Å². The number of alkyl halides is 1. The molecule has 0 heterocycles. The number of halogens is 1. The molecule has 0 radical (unpaired) electrons. The number of allylic oxidation sites excluding steroid dienone is 1. The molecule has 0 unspecified atom stereocenters. The highest BCUT2D eigenvalue weighted by Crippen LogP contribution is 1.98. The molecule has 0 aliphatic rings. The van der Waals surface area contributed by atoms with Crippen LogP contribution in [-0.2, 0) is 4.74 Å². The van der Waals surface area contributed by atoms with Gasteiger partial charge >= 0.3 is 0 Å². The van der Waals surface area contributed by atoms with Crippen molar-refractivity contribution in [3.8, 4) is 0 Å². The summed E-state index contributed by atoms with van der Waals surface area (Å²) < 4.78 is 5.30. The zero-order chi connectivity index (χ0) is 8.53. The summed E-state index contributed by atoms with van der Waals surface area (Å²) in [5.41, 5.74) is 0. The first kappa shape index (κ1) is 11.0. The van der Waals surface area contributed by atoms with Crippen molar-refractivity contribution in [1.82, 2.24) is 0 Å². The first-order valence-electron chi connectivity index (χ1n) is 4.06. The van der Waals surface area contributed by atoms with E-state index in [1.807, 2.05) is 12.2 Å². The van der Waals surface area contributed by atoms with E-state index in [4.69, 9.17) is 16.3 Å². The molecular formula is C9H17ClO. The van der Waals surface area contributed by atoms with Gasteiger partial charge in [0.15, 0.2) is 0 Å². The minimum atomic E-state index is 0.577. The van der Waals surface area contributed by atoms with Gasteiger partial charge in [0.05, 0.1) is 6.61 Å². The predicted octanol–water partition coefficient (Wildman–Crippen LogP) is 2.84. The zero-order valence-electron chi connectivity index (χ0n) is 7.35. The Bertz CT molecular complexity index is 99.7. The highest BCUT2D eigenvalue weighted by atomic mass is 35.5. The summed E-state index contributed by atoms with van der Waals surface area (Å²) >= 11 is 5.42. The summed E-state index contributed by atoms with van der Waals surface area (Å²) in [5, 5.41) is 0. The van der Waals surface area contributed by atoms with Crippen LogP contribution in [0.2, 0.25) is 0 Å². The van der Waals surface area contributed by atoms with Gasteiger partial charge < -0.3 is 4.74 Å². The molecule has 0 fully saturated rings. The molecule has 0 atom stereocenters. The Kier molecular flexibility index (Phi) is 8.08. The molecule has 0 saturated carbocycles. The van der Waals surface area contributed by atoms with Crippen molar-refractivity contribution in [2.75, 3.05) is 19.1 Å². The van der Waals surface area contributed by atoms with Gasteiger partial charge in [0.1, 0.15) is 0 Å². The van der Waals surface area contributed by atoms with E-state index in [0.29, 0.717) is 12.5 Å². The van der Waals surface area contributed by atoms with E-state index in [2.05, 4.69) is 13.8 Å². The lowest BCUT2D eigenvalue weighted by atomic mass is 10.1. The molecule has 66 valence electrons. The maximum atomic E-state index is 5.42. The number of ether oxygens (including phenoxy) is 1. The largest absolute Gasteiger partial charge is 0.377 e. The lowest BCUT2D eigenvalue weighted by Crippen LogP contribution is -1.98. The molecule has 0 aromatic rings. The maximum Gasteiger partial charge on any atom is 0.0647 e. The van der Waals surface area contributed by atoms with Gasteiger partial charge in [-0.2, -0.15) is 0 Å². The summed E-state index contributed by atoms with van der Waals surface area (Å²) in [4.78, 5) is 0. The lowest BCUT2D eigenvalue weighted by molar-refractivity contribution is 0.149. The van der Waals surface area contributed by atoms with Crippen molar-refractivity contribution < 1.29 is 4.74 Å². The van der Waals surface area contributed by atoms with Gasteiger partial charge in [0.25, 0.3) is 0 Å². The highest BCUT2D eigenvalue weighted by molar-refractivity contribution is 6.18. The van der Waals surface area contributed by atoms with Gasteiger partial charge in [-0.3, -0.25) is 0 Å². The minimum Gasteiger partial charge on any atom is -0.377 e. The second kappa shape index (κ2) is 8.09. The van der Waals surface area contributed by atoms with Crippen molar-refractivity contribution in [1.29, 1.82) is 0 Å². The Morgan fingerprint density at radius 2 is 2.09 bits per heavy atom. The van der Waals surface area contributed by atoms with E-state index < -0.39 is 0 Å². The maximum absolute atomic E-state index is 5.42. The Balaban J connectivity index is 2.96. The summed E-state index contributed by atoms with van der Waals surface area (Å²) in [6, 6.07) is 0. The quantitative estimate of drug-likeness (QED) is 0.344. The van der Waals surface area contributed by atoms with Gasteiger partial charge in [-0.05, 0) is 12.3 Å². The molecule has 2 heteroatoms. The van der Waals surface area contributed by atoms with Crippen molar-refractivity contribution in [3.63, 3.8) is 0 Å². The smallest absolute Gasteiger partial charge is 0.0647 e. The zero-order valence-corrected chi connectivity index (χ0v) is 8.10. The highest BCUT2D eigenvalue weighted by Gasteiger charge is 1.91. The topological polar surface area (TPSA) is 9.23 Å². The number of hydrogen-bond donors (Lipinski definition) is 0. The molecule has 0 saturated heterocycles. The van der Waals surface area contributed by atoms with E-state index in [-0.39, 0.29) is 0 Å². The minimum absolute atomic E-state index is 0.577. The van der Waals surface area contributed by atoms with E-state index in [1.54, 1.807) is 0 Å². The molecule has 0 aromatic carbocycles. The van der Waals surface area contributed by atoms with Gasteiger partial charge in [-0.1, -0.05) is 26.0 Å². The third kappa shape index (κ3) is 9.99. The van der Waals surface area contributed by atoms with Crippen LogP contribution in [-0.4, -0.2) is 19.1 Å². The van der Waals surface area contributed by atoms with Crippen LogP contribution in [0.1, 0.15) is 20.3 Å². The molecule has 1 nitrogen and oxygen atoms in total. The second-order valence-corrected chi connectivity index (χ2v) is 3.19. The average Bonchev–Trinajstić information content (AvgIpc) is 1.96. The molecule has 0 spiro atoms. The van der Waals surface area contributed by atoms with Gasteiger partial charge in [-0.15, -0.1) is 11.6 Å². The second-order valence-electron chi connectivity index (χ2n) is 2.88. The van der Waals surface area contributed by atoms with E-state index >= 15 is 0 Å². The third-order valence-corrected chi connectivity index (χ3v) is 1.49. The molecule has 11 heavy (non-hydrogen) atoms. The average molecular weight is 177 g/mol. The molecule has 0 aliphatic heterocycles. The summed E-state index contributed by atoms with van der Waals surface area (Å²) in [7, 11) is 0. The van der Waals surface area contributed by atoms with Gasteiger partial charge in [0.2, 0.25) is 0 Å². The van der Waals surface area contributed by atoms with Crippen LogP contribution in [0.25, 0.3) is 0 Å². The summed E-state index contributed by atoms with van der Waals surface area (Å²) in [5.74, 6) is 1.31. The van der Waals surface area contributed by atoms with Crippen LogP contribution < -0.4 is 0 Å². The van der Waals surface area contributed by atoms with Crippen molar-refractivity contribution in [3.05, 3.63) is 12.2 Å². The lowest BCUT2D eigenvalue weighted by Gasteiger charge is -2.03. The molecule has 0 rings (SSSR count). The Hall–Kier alpha value is -0.0100. The fourth-order valence-corrected chi connectivity index (χ4v) is 0.727. The molecule has 0 amide bonds. The van der Waals surface area contributed by atoms with E-state index in [1.165, 1.54) is 0 Å². The fourth-order valence-electron chi connectivity index (χ4n) is 0.601. The van der Waals surface area contributed by atoms with Gasteiger partial charge in [0, 0.05) is 12.5 Å². The van der Waals surface area contributed by atoms with E-state index in [0.717, 1.165) is 18.9 Å². The first-order valence-corrected chi connectivity index (χ1v) is 4.59. The Morgan fingerprint density at radius 1 is 1.36 bits per heavy atom. The molecule has 0 aromatic heterocycles. The standard InChI is InChI=1S/C9H17ClO/c1-9(2)5-8-11-7-4-3-6-10/h3-4,9H,5-8H2,1-2H3. The SMILES string of the molecule is CC(C)CCOCC=CCCl. The molecule has 0 bridgehead atoms. The molecule has 0 N–H and O–H groups in total. The van der Waals surface area contributed by atoms with Crippen molar-refractivity contribution in [2.45, 2.75) is 20.3 Å². The van der Waals surface area contributed by atoms with Crippen molar-refractivity contribution in [2.24, 2.45) is 5.92 Å². The Labute approximate surface area is 74.4 Å². The summed E-state index contributed by atoms with van der Waals surface area (Å²) in [6.07, 6.45) is 4.99. The fraction of sp³-hybridized carbons (Fsp3) is 0.778. The Morgan fingerprint density at radius 3 is 2.64 bits per heavy atom. The number of hydrogen-bond acceptors (Lipinski definition) is 1. The third-order valence-electron chi connectivity index (χ3n) is 1.31. The first-order chi connectivity index (χ1) is 5.27. The number of rotatable bonds is 6. The van der Waals surface area contributed by atoms with Crippen LogP contribution >= 0.6 is 11.6 Å². The molecular weight excluding hydrogens is 160 g/mol. The van der Waals surface area contributed by atoms with Crippen LogP contribution in [0.15, 0.2) is 12.2 Å².